The van der Waals surface area contributed by atoms with Crippen LogP contribution in [-0.4, -0.2) is 31.3 Å². The van der Waals surface area contributed by atoms with Crippen molar-refractivity contribution < 1.29 is 13.7 Å². The van der Waals surface area contributed by atoms with Gasteiger partial charge in [0.05, 0.1) is 5.69 Å². The summed E-state index contributed by atoms with van der Waals surface area (Å²) in [7, 11) is 0. The Morgan fingerprint density at radius 2 is 1.91 bits per heavy atom. The summed E-state index contributed by atoms with van der Waals surface area (Å²) in [6.07, 6.45) is 3.06. The van der Waals surface area contributed by atoms with Crippen LogP contribution in [0.5, 0.6) is 0 Å². The Kier molecular flexibility index (Phi) is 5.41. The average Bonchev–Trinajstić information content (AvgIpc) is 3.59. The fourth-order valence-electron chi connectivity index (χ4n) is 4.55. The lowest BCUT2D eigenvalue weighted by molar-refractivity contribution is -0.00194. The van der Waals surface area contributed by atoms with Gasteiger partial charge in [0, 0.05) is 45.8 Å². The van der Waals surface area contributed by atoms with Crippen LogP contribution in [-0.2, 0) is 4.74 Å². The summed E-state index contributed by atoms with van der Waals surface area (Å²) in [5.41, 5.74) is 2.56. The summed E-state index contributed by atoms with van der Waals surface area (Å²) in [6.45, 7) is 3.95. The van der Waals surface area contributed by atoms with Crippen molar-refractivity contribution in [1.82, 2.24) is 24.7 Å². The fourth-order valence-corrected chi connectivity index (χ4v) is 4.71. The van der Waals surface area contributed by atoms with Gasteiger partial charge in [-0.05, 0) is 63.8 Å². The highest BCUT2D eigenvalue weighted by atomic mass is 35.5. The molecule has 8 nitrogen and oxygen atoms in total. The Hall–Kier alpha value is -3.17. The molecule has 0 amide bonds. The zero-order valence-electron chi connectivity index (χ0n) is 19.3. The molecule has 0 N–H and O–H groups in total. The van der Waals surface area contributed by atoms with Crippen LogP contribution in [0.4, 0.5) is 4.39 Å². The van der Waals surface area contributed by atoms with Gasteiger partial charge < -0.3 is 9.26 Å². The van der Waals surface area contributed by atoms with Gasteiger partial charge in [-0.3, -0.25) is 4.79 Å². The predicted octanol–water partition coefficient (Wildman–Crippen LogP) is 5.06. The van der Waals surface area contributed by atoms with Gasteiger partial charge in [0.1, 0.15) is 11.9 Å². The molecule has 3 aromatic heterocycles. The van der Waals surface area contributed by atoms with Crippen molar-refractivity contribution >= 4 is 17.2 Å². The first-order valence-electron chi connectivity index (χ1n) is 11.7. The molecule has 1 aromatic carbocycles. The Bertz CT molecular complexity index is 1510. The highest BCUT2D eigenvalue weighted by Crippen LogP contribution is 2.41. The molecule has 4 heterocycles. The van der Waals surface area contributed by atoms with Crippen LogP contribution in [0.15, 0.2) is 33.6 Å². The van der Waals surface area contributed by atoms with E-state index in [1.54, 1.807) is 26.0 Å². The summed E-state index contributed by atoms with van der Waals surface area (Å²) >= 11 is 5.99. The third kappa shape index (κ3) is 4.02. The highest BCUT2D eigenvalue weighted by Gasteiger charge is 2.34. The number of aromatic nitrogens is 5. The number of ether oxygens (including phenoxy) is 1. The summed E-state index contributed by atoms with van der Waals surface area (Å²) in [5, 5.41) is 9.11. The van der Waals surface area contributed by atoms with E-state index in [4.69, 9.17) is 20.9 Å². The lowest BCUT2D eigenvalue weighted by atomic mass is 9.90. The van der Waals surface area contributed by atoms with E-state index in [0.717, 1.165) is 12.8 Å². The van der Waals surface area contributed by atoms with Crippen molar-refractivity contribution in [3.8, 4) is 11.1 Å². The van der Waals surface area contributed by atoms with Crippen molar-refractivity contribution in [2.24, 2.45) is 0 Å². The molecule has 1 saturated carbocycles. The number of hydrogen-bond acceptors (Lipinski definition) is 7. The quantitative estimate of drug-likeness (QED) is 0.390. The molecule has 1 aliphatic carbocycles. The van der Waals surface area contributed by atoms with E-state index >= 15 is 4.39 Å². The Balaban J connectivity index is 1.45. The maximum atomic E-state index is 15.0. The minimum absolute atomic E-state index is 0.0522. The number of fused-ring (bicyclic) bond motifs is 1. The second kappa shape index (κ2) is 8.49. The molecule has 1 aliphatic heterocycles. The molecule has 10 heteroatoms. The van der Waals surface area contributed by atoms with Gasteiger partial charge in [-0.1, -0.05) is 16.8 Å². The van der Waals surface area contributed by atoms with Crippen LogP contribution in [0.25, 0.3) is 16.8 Å². The second-order valence-electron chi connectivity index (χ2n) is 9.32. The first-order chi connectivity index (χ1) is 16.9. The number of halogens is 2. The van der Waals surface area contributed by atoms with Crippen LogP contribution in [0, 0.1) is 19.7 Å². The maximum Gasteiger partial charge on any atom is 0.277 e. The molecule has 180 valence electrons. The van der Waals surface area contributed by atoms with Gasteiger partial charge in [-0.15, -0.1) is 0 Å². The topological polar surface area (TPSA) is 95.4 Å². The Morgan fingerprint density at radius 1 is 1.09 bits per heavy atom. The van der Waals surface area contributed by atoms with E-state index in [2.05, 4.69) is 20.2 Å². The summed E-state index contributed by atoms with van der Waals surface area (Å²) in [5.74, 6) is 1.02. The van der Waals surface area contributed by atoms with Gasteiger partial charge in [0.25, 0.3) is 5.56 Å². The normalized spacial score (nSPS) is 20.5. The second-order valence-corrected chi connectivity index (χ2v) is 9.75. The molecule has 0 spiro atoms. The smallest absolute Gasteiger partial charge is 0.277 e. The number of aryl methyl sites for hydroxylation is 1. The molecule has 0 bridgehead atoms. The molecule has 2 fully saturated rings. The minimum atomic E-state index is -0.492. The SMILES string of the molecule is Cc1nc2c(-c3ccc(Cl)cc3F)cc([C@@H]3CCO[C@@H](c4noc(C5CC5)n4)C3)nn2c(=O)c1C. The largest absolute Gasteiger partial charge is 0.370 e. The highest BCUT2D eigenvalue weighted by molar-refractivity contribution is 6.30. The minimum Gasteiger partial charge on any atom is -0.370 e. The molecular weight excluding hydrogens is 473 g/mol. The molecule has 0 radical (unpaired) electrons. The molecule has 1 saturated heterocycles. The first-order valence-corrected chi connectivity index (χ1v) is 12.1. The van der Waals surface area contributed by atoms with Crippen molar-refractivity contribution in [1.29, 1.82) is 0 Å². The van der Waals surface area contributed by atoms with Crippen LogP contribution >= 0.6 is 11.6 Å². The number of benzene rings is 1. The third-order valence-corrected chi connectivity index (χ3v) is 7.11. The number of nitrogens with zero attached hydrogens (tertiary/aromatic N) is 5. The molecule has 2 atom stereocenters. The van der Waals surface area contributed by atoms with E-state index in [1.165, 1.54) is 10.6 Å². The molecule has 0 unspecified atom stereocenters. The fraction of sp³-hybridized carbons (Fsp3) is 0.400. The Labute approximate surface area is 205 Å². The van der Waals surface area contributed by atoms with E-state index in [9.17, 15) is 4.79 Å². The van der Waals surface area contributed by atoms with Crippen LogP contribution in [0.3, 0.4) is 0 Å². The summed E-state index contributed by atoms with van der Waals surface area (Å²) in [4.78, 5) is 22.3. The van der Waals surface area contributed by atoms with Crippen molar-refractivity contribution in [3.05, 3.63) is 74.1 Å². The first kappa shape index (κ1) is 22.3. The molecule has 35 heavy (non-hydrogen) atoms. The zero-order chi connectivity index (χ0) is 24.3. The van der Waals surface area contributed by atoms with E-state index in [0.29, 0.717) is 75.8 Å². The molecule has 6 rings (SSSR count). The van der Waals surface area contributed by atoms with Crippen molar-refractivity contribution in [3.63, 3.8) is 0 Å². The van der Waals surface area contributed by atoms with Gasteiger partial charge in [-0.2, -0.15) is 14.6 Å². The van der Waals surface area contributed by atoms with E-state index in [-0.39, 0.29) is 17.6 Å². The number of rotatable bonds is 4. The van der Waals surface area contributed by atoms with Gasteiger partial charge in [0.15, 0.2) is 5.65 Å². The van der Waals surface area contributed by atoms with E-state index in [1.807, 2.05) is 6.07 Å². The Morgan fingerprint density at radius 3 is 2.69 bits per heavy atom. The molecule has 4 aromatic rings. The lowest BCUT2D eigenvalue weighted by Crippen LogP contribution is -2.26. The van der Waals surface area contributed by atoms with Crippen LogP contribution in [0.2, 0.25) is 5.02 Å². The van der Waals surface area contributed by atoms with Gasteiger partial charge >= 0.3 is 0 Å². The van der Waals surface area contributed by atoms with Crippen LogP contribution < -0.4 is 5.56 Å². The van der Waals surface area contributed by atoms with E-state index < -0.39 is 5.82 Å². The zero-order valence-corrected chi connectivity index (χ0v) is 20.0. The van der Waals surface area contributed by atoms with Crippen LogP contribution in [0.1, 0.15) is 72.3 Å². The average molecular weight is 496 g/mol. The molecular formula is C25H23ClFN5O3. The summed E-state index contributed by atoms with van der Waals surface area (Å²) < 4.78 is 27.7. The third-order valence-electron chi connectivity index (χ3n) is 6.87. The lowest BCUT2D eigenvalue weighted by Gasteiger charge is -2.27. The monoisotopic (exact) mass is 495 g/mol. The van der Waals surface area contributed by atoms with Gasteiger partial charge in [0.2, 0.25) is 11.7 Å². The molecule has 2 aliphatic rings. The van der Waals surface area contributed by atoms with Gasteiger partial charge in [-0.25, -0.2) is 9.37 Å². The number of hydrogen-bond donors (Lipinski definition) is 0. The standard InChI is InChI=1S/C25H23ClFN5O3/c1-12-13(2)28-23-18(17-6-5-16(26)10-19(17)27)11-20(30-32(23)25(12)33)15-7-8-34-21(9-15)22-29-24(35-31-22)14-3-4-14/h5-6,10-11,14-15,21H,3-4,7-9H2,1-2H3/t15-,21-/m1/s1. The van der Waals surface area contributed by atoms with Crippen molar-refractivity contribution in [2.45, 2.75) is 57.5 Å². The maximum absolute atomic E-state index is 15.0. The summed E-state index contributed by atoms with van der Waals surface area (Å²) in [6, 6.07) is 6.30. The van der Waals surface area contributed by atoms with Crippen molar-refractivity contribution in [2.75, 3.05) is 6.61 Å². The predicted molar refractivity (Wildman–Crippen MR) is 126 cm³/mol.